The lowest BCUT2D eigenvalue weighted by Gasteiger charge is -2.34. The normalized spacial score (nSPS) is 18.5. The number of nitrogens with one attached hydrogen (secondary N) is 2. The Balaban J connectivity index is 1.35. The summed E-state index contributed by atoms with van der Waals surface area (Å²) < 4.78 is 34.5. The molecule has 0 aromatic heterocycles. The summed E-state index contributed by atoms with van der Waals surface area (Å²) in [7, 11) is -2.43. The number of likely N-dealkylation sites (tertiary alicyclic amines) is 2. The van der Waals surface area contributed by atoms with Crippen molar-refractivity contribution in [3.05, 3.63) is 71.8 Å². The van der Waals surface area contributed by atoms with E-state index in [-0.39, 0.29) is 36.0 Å². The van der Waals surface area contributed by atoms with E-state index in [0.29, 0.717) is 24.4 Å². The zero-order valence-electron chi connectivity index (χ0n) is 23.0. The molecule has 2 heterocycles. The van der Waals surface area contributed by atoms with Gasteiger partial charge in [0.25, 0.3) is 0 Å². The minimum absolute atomic E-state index is 0.0477. The zero-order chi connectivity index (χ0) is 29.1. The maximum Gasteiger partial charge on any atom is 0.245 e. The number of methoxy groups -OCH3 is 1. The third-order valence-corrected chi connectivity index (χ3v) is 9.36. The van der Waals surface area contributed by atoms with Gasteiger partial charge in [-0.2, -0.15) is 4.72 Å². The number of rotatable bonds is 9. The highest BCUT2D eigenvalue weighted by Gasteiger charge is 2.42. The Morgan fingerprint density at radius 2 is 1.71 bits per heavy atom. The fraction of sp³-hybridized carbons (Fsp3) is 0.367. The highest BCUT2D eigenvalue weighted by molar-refractivity contribution is 7.89. The van der Waals surface area contributed by atoms with Gasteiger partial charge >= 0.3 is 0 Å². The minimum atomic E-state index is -4.00. The van der Waals surface area contributed by atoms with E-state index in [1.165, 1.54) is 11.0 Å². The lowest BCUT2D eigenvalue weighted by molar-refractivity contribution is -0.144. The molecule has 0 aliphatic carbocycles. The SMILES string of the molecule is COc1ccc2cc(S(=O)(=O)NC3CCN(C(Cc4ccc(C(=N)N)cc4)C(=O)N4CCCCC4)C3=O)ccc2c1. The number of hydrogen-bond acceptors (Lipinski definition) is 6. The number of nitrogens with zero attached hydrogens (tertiary/aromatic N) is 2. The predicted molar refractivity (Wildman–Crippen MR) is 156 cm³/mol. The molecule has 3 aromatic rings. The summed E-state index contributed by atoms with van der Waals surface area (Å²) in [6.45, 7) is 1.55. The van der Waals surface area contributed by atoms with Crippen molar-refractivity contribution in [2.24, 2.45) is 5.73 Å². The van der Waals surface area contributed by atoms with Crippen molar-refractivity contribution in [1.82, 2.24) is 14.5 Å². The van der Waals surface area contributed by atoms with Crippen molar-refractivity contribution in [1.29, 1.82) is 5.41 Å². The molecule has 4 N–H and O–H groups in total. The van der Waals surface area contributed by atoms with Gasteiger partial charge in [0.1, 0.15) is 23.7 Å². The van der Waals surface area contributed by atoms with Crippen LogP contribution in [0, 0.1) is 5.41 Å². The molecular formula is C30H35N5O5S. The Bertz CT molecular complexity index is 1570. The second-order valence-corrected chi connectivity index (χ2v) is 12.3. The molecule has 11 heteroatoms. The van der Waals surface area contributed by atoms with Crippen molar-refractivity contribution < 1.29 is 22.7 Å². The van der Waals surface area contributed by atoms with Crippen LogP contribution < -0.4 is 15.2 Å². The Morgan fingerprint density at radius 3 is 2.39 bits per heavy atom. The number of benzene rings is 3. The van der Waals surface area contributed by atoms with Crippen LogP contribution in [0.2, 0.25) is 0 Å². The average Bonchev–Trinajstić information content (AvgIpc) is 3.34. The van der Waals surface area contributed by atoms with Crippen molar-refractivity contribution in [3.63, 3.8) is 0 Å². The van der Waals surface area contributed by atoms with Gasteiger partial charge in [-0.1, -0.05) is 36.4 Å². The summed E-state index contributed by atoms with van der Waals surface area (Å²) in [6, 6.07) is 15.5. The molecule has 2 saturated heterocycles. The number of hydrogen-bond donors (Lipinski definition) is 3. The third kappa shape index (κ3) is 6.20. The summed E-state index contributed by atoms with van der Waals surface area (Å²) in [5.74, 6) is 0.0942. The molecule has 2 fully saturated rings. The summed E-state index contributed by atoms with van der Waals surface area (Å²) in [6.07, 6.45) is 3.44. The summed E-state index contributed by atoms with van der Waals surface area (Å²) in [5.41, 5.74) is 6.99. The standard InChI is InChI=1S/C30H35N5O5S/c1-40-24-11-9-23-19-25(12-10-22(23)18-24)41(38,39)33-26-13-16-35(29(26)36)27(30(37)34-14-3-2-4-15-34)17-20-5-7-21(8-6-20)28(31)32/h5-12,18-19,26-27,33H,2-4,13-17H2,1H3,(H3,31,32). The first kappa shape index (κ1) is 28.6. The number of fused-ring (bicyclic) bond motifs is 1. The smallest absolute Gasteiger partial charge is 0.245 e. The van der Waals surface area contributed by atoms with E-state index in [4.69, 9.17) is 15.9 Å². The molecule has 2 aliphatic rings. The van der Waals surface area contributed by atoms with E-state index < -0.39 is 28.0 Å². The molecular weight excluding hydrogens is 542 g/mol. The van der Waals surface area contributed by atoms with Gasteiger partial charge in [0.05, 0.1) is 12.0 Å². The lowest BCUT2D eigenvalue weighted by atomic mass is 10.0. The van der Waals surface area contributed by atoms with Gasteiger partial charge in [-0.15, -0.1) is 0 Å². The Labute approximate surface area is 240 Å². The number of nitrogens with two attached hydrogens (primary N) is 1. The van der Waals surface area contributed by atoms with Crippen LogP contribution in [-0.2, 0) is 26.0 Å². The van der Waals surface area contributed by atoms with Gasteiger partial charge in [0.15, 0.2) is 0 Å². The molecule has 0 bridgehead atoms. The van der Waals surface area contributed by atoms with Gasteiger partial charge < -0.3 is 20.3 Å². The second-order valence-electron chi connectivity index (χ2n) is 10.6. The molecule has 0 saturated carbocycles. The number of piperidine rings is 1. The van der Waals surface area contributed by atoms with Crippen LogP contribution in [0.1, 0.15) is 36.8 Å². The molecule has 0 spiro atoms. The van der Waals surface area contributed by atoms with Crippen LogP contribution in [-0.4, -0.2) is 74.7 Å². The number of amidine groups is 1. The highest BCUT2D eigenvalue weighted by atomic mass is 32.2. The molecule has 5 rings (SSSR count). The third-order valence-electron chi connectivity index (χ3n) is 7.89. The largest absolute Gasteiger partial charge is 0.497 e. The van der Waals surface area contributed by atoms with Crippen LogP contribution in [0.25, 0.3) is 10.8 Å². The van der Waals surface area contributed by atoms with Gasteiger partial charge in [0, 0.05) is 31.6 Å². The first-order valence-electron chi connectivity index (χ1n) is 13.8. The Morgan fingerprint density at radius 1 is 1.02 bits per heavy atom. The molecule has 10 nitrogen and oxygen atoms in total. The van der Waals surface area contributed by atoms with E-state index in [2.05, 4.69) is 4.72 Å². The molecule has 3 aromatic carbocycles. The molecule has 216 valence electrons. The van der Waals surface area contributed by atoms with Gasteiger partial charge in [-0.3, -0.25) is 15.0 Å². The molecule has 2 atom stereocenters. The van der Waals surface area contributed by atoms with Crippen molar-refractivity contribution >= 4 is 38.4 Å². The fourth-order valence-electron chi connectivity index (χ4n) is 5.57. The van der Waals surface area contributed by atoms with Crippen LogP contribution >= 0.6 is 0 Å². The Hall–Kier alpha value is -3.96. The van der Waals surface area contributed by atoms with Gasteiger partial charge in [-0.25, -0.2) is 8.42 Å². The second kappa shape index (κ2) is 11.9. The Kier molecular flexibility index (Phi) is 8.27. The molecule has 2 aliphatic heterocycles. The van der Waals surface area contributed by atoms with E-state index >= 15 is 0 Å². The number of sulfonamides is 1. The monoisotopic (exact) mass is 577 g/mol. The fourth-order valence-corrected chi connectivity index (χ4v) is 6.83. The van der Waals surface area contributed by atoms with Crippen molar-refractivity contribution in [2.75, 3.05) is 26.7 Å². The maximum absolute atomic E-state index is 13.7. The van der Waals surface area contributed by atoms with E-state index in [1.54, 1.807) is 43.5 Å². The number of carbonyl (C=O) groups is 2. The quantitative estimate of drug-likeness (QED) is 0.263. The zero-order valence-corrected chi connectivity index (χ0v) is 23.8. The van der Waals surface area contributed by atoms with E-state index in [0.717, 1.165) is 35.6 Å². The molecule has 41 heavy (non-hydrogen) atoms. The topological polar surface area (TPSA) is 146 Å². The van der Waals surface area contributed by atoms with E-state index in [1.807, 2.05) is 23.1 Å². The maximum atomic E-state index is 13.7. The number of carbonyl (C=O) groups excluding carboxylic acids is 2. The van der Waals surface area contributed by atoms with E-state index in [9.17, 15) is 18.0 Å². The summed E-state index contributed by atoms with van der Waals surface area (Å²) >= 11 is 0. The van der Waals surface area contributed by atoms with Crippen molar-refractivity contribution in [3.8, 4) is 5.75 Å². The van der Waals surface area contributed by atoms with Crippen LogP contribution in [0.5, 0.6) is 5.75 Å². The molecule has 0 radical (unpaired) electrons. The van der Waals surface area contributed by atoms with Crippen LogP contribution in [0.4, 0.5) is 0 Å². The first-order chi connectivity index (χ1) is 19.7. The highest BCUT2D eigenvalue weighted by Crippen LogP contribution is 2.26. The van der Waals surface area contributed by atoms with Gasteiger partial charge in [0.2, 0.25) is 21.8 Å². The lowest BCUT2D eigenvalue weighted by Crippen LogP contribution is -2.53. The first-order valence-corrected chi connectivity index (χ1v) is 15.3. The molecule has 2 unspecified atom stereocenters. The number of ether oxygens (including phenoxy) is 1. The minimum Gasteiger partial charge on any atom is -0.497 e. The number of amides is 2. The summed E-state index contributed by atoms with van der Waals surface area (Å²) in [4.78, 5) is 30.8. The average molecular weight is 578 g/mol. The van der Waals surface area contributed by atoms with Gasteiger partial charge in [-0.05, 0) is 66.3 Å². The van der Waals surface area contributed by atoms with Crippen LogP contribution in [0.15, 0.2) is 65.6 Å². The van der Waals surface area contributed by atoms with Crippen LogP contribution in [0.3, 0.4) is 0 Å². The van der Waals surface area contributed by atoms with Crippen molar-refractivity contribution in [2.45, 2.75) is 49.1 Å². The predicted octanol–water partition coefficient (Wildman–Crippen LogP) is 2.64. The number of nitrogen functional groups attached to an aromatic ring is 1. The summed E-state index contributed by atoms with van der Waals surface area (Å²) in [5, 5.41) is 9.19. The molecule has 2 amide bonds.